The first-order chi connectivity index (χ1) is 7.72. The molecule has 2 aromatic rings. The Kier molecular flexibility index (Phi) is 2.84. The van der Waals surface area contributed by atoms with E-state index in [9.17, 15) is 4.79 Å². The molecule has 16 heavy (non-hydrogen) atoms. The highest BCUT2D eigenvalue weighted by Gasteiger charge is 2.08. The van der Waals surface area contributed by atoms with Crippen molar-refractivity contribution in [3.63, 3.8) is 0 Å². The summed E-state index contributed by atoms with van der Waals surface area (Å²) >= 11 is 0. The first kappa shape index (κ1) is 10.6. The summed E-state index contributed by atoms with van der Waals surface area (Å²) in [7, 11) is 0. The summed E-state index contributed by atoms with van der Waals surface area (Å²) in [6.07, 6.45) is 1.47. The number of hydrogen-bond donors (Lipinski definition) is 3. The number of nitrogens with zero attached hydrogens (tertiary/aromatic N) is 3. The Morgan fingerprint density at radius 3 is 3.19 bits per heavy atom. The molecule has 4 N–H and O–H groups in total. The predicted octanol–water partition coefficient (Wildman–Crippen LogP) is -1.33. The number of nitrogens with two attached hydrogens (primary N) is 1. The topological polar surface area (TPSA) is 119 Å². The number of aliphatic hydroxyl groups is 1. The fraction of sp³-hybridized carbons (Fsp3) is 0.375. The van der Waals surface area contributed by atoms with E-state index in [1.165, 1.54) is 6.33 Å². The zero-order chi connectivity index (χ0) is 11.5. The number of H-pyrrole nitrogens is 1. The maximum atomic E-state index is 11.0. The second kappa shape index (κ2) is 4.29. The number of nitrogens with one attached hydrogen (secondary N) is 1. The molecule has 0 amide bonds. The molecule has 2 aromatic heterocycles. The standard InChI is InChI=1S/C8H11N5O3/c9-6-5-7(12-8(15)11-6)10-3-13(5)4-16-2-1-14/h3,14H,1-2,4H2,(H3,9,11,12,15). The molecule has 0 unspecified atom stereocenters. The third-order valence-corrected chi connectivity index (χ3v) is 1.99. The number of aliphatic hydroxyl groups excluding tert-OH is 1. The van der Waals surface area contributed by atoms with Crippen molar-refractivity contribution in [2.75, 3.05) is 18.9 Å². The van der Waals surface area contributed by atoms with Crippen molar-refractivity contribution in [1.29, 1.82) is 0 Å². The molecule has 86 valence electrons. The maximum absolute atomic E-state index is 11.0. The summed E-state index contributed by atoms with van der Waals surface area (Å²) in [5.41, 5.74) is 5.89. The van der Waals surface area contributed by atoms with Crippen molar-refractivity contribution < 1.29 is 9.84 Å². The molecular formula is C8H11N5O3. The van der Waals surface area contributed by atoms with Gasteiger partial charge in [-0.05, 0) is 0 Å². The highest BCUT2D eigenvalue weighted by molar-refractivity contribution is 5.81. The van der Waals surface area contributed by atoms with Gasteiger partial charge in [-0.1, -0.05) is 0 Å². The molecule has 2 rings (SSSR count). The smallest absolute Gasteiger partial charge is 0.348 e. The van der Waals surface area contributed by atoms with Crippen molar-refractivity contribution in [3.8, 4) is 0 Å². The lowest BCUT2D eigenvalue weighted by Gasteiger charge is -2.05. The Morgan fingerprint density at radius 2 is 2.44 bits per heavy atom. The van der Waals surface area contributed by atoms with E-state index in [1.807, 2.05) is 0 Å². The number of rotatable bonds is 4. The molecule has 0 bridgehead atoms. The number of fused-ring (bicyclic) bond motifs is 1. The molecule has 8 nitrogen and oxygen atoms in total. The molecule has 0 atom stereocenters. The number of aromatic nitrogens is 4. The van der Waals surface area contributed by atoms with Crippen LogP contribution < -0.4 is 11.4 Å². The van der Waals surface area contributed by atoms with E-state index in [-0.39, 0.29) is 31.4 Å². The Hall–Kier alpha value is -1.93. The number of hydrogen-bond acceptors (Lipinski definition) is 6. The number of aromatic amines is 1. The minimum atomic E-state index is -0.536. The third-order valence-electron chi connectivity index (χ3n) is 1.99. The van der Waals surface area contributed by atoms with Crippen LogP contribution in [0.2, 0.25) is 0 Å². The summed E-state index contributed by atoms with van der Waals surface area (Å²) in [6, 6.07) is 0. The van der Waals surface area contributed by atoms with Crippen LogP contribution in [0.15, 0.2) is 11.1 Å². The molecule has 0 saturated carbocycles. The van der Waals surface area contributed by atoms with Crippen LogP contribution in [0.5, 0.6) is 0 Å². The molecular weight excluding hydrogens is 214 g/mol. The molecule has 0 radical (unpaired) electrons. The van der Waals surface area contributed by atoms with Crippen LogP contribution in [0, 0.1) is 0 Å². The normalized spacial score (nSPS) is 11.1. The van der Waals surface area contributed by atoms with Gasteiger partial charge >= 0.3 is 5.69 Å². The van der Waals surface area contributed by atoms with Crippen LogP contribution in [0.25, 0.3) is 11.2 Å². The molecule has 0 fully saturated rings. The van der Waals surface area contributed by atoms with Gasteiger partial charge in [-0.3, -0.25) is 4.98 Å². The van der Waals surface area contributed by atoms with E-state index in [1.54, 1.807) is 4.57 Å². The Balaban J connectivity index is 2.36. The number of imidazole rings is 1. The van der Waals surface area contributed by atoms with Crippen LogP contribution in [0.4, 0.5) is 5.82 Å². The van der Waals surface area contributed by atoms with Gasteiger partial charge in [0.15, 0.2) is 5.65 Å². The molecule has 0 aromatic carbocycles. The number of anilines is 1. The lowest BCUT2D eigenvalue weighted by molar-refractivity contribution is 0.0502. The highest BCUT2D eigenvalue weighted by Crippen LogP contribution is 2.13. The van der Waals surface area contributed by atoms with Crippen LogP contribution in [-0.2, 0) is 11.5 Å². The SMILES string of the molecule is Nc1[nH]c(=O)nc2ncn(COCCO)c12. The monoisotopic (exact) mass is 225 g/mol. The predicted molar refractivity (Wildman–Crippen MR) is 55.6 cm³/mol. The van der Waals surface area contributed by atoms with E-state index < -0.39 is 5.69 Å². The van der Waals surface area contributed by atoms with E-state index >= 15 is 0 Å². The van der Waals surface area contributed by atoms with E-state index in [0.29, 0.717) is 5.52 Å². The first-order valence-corrected chi connectivity index (χ1v) is 4.61. The Bertz CT molecular complexity index is 546. The minimum absolute atomic E-state index is 0.0583. The van der Waals surface area contributed by atoms with Crippen LogP contribution in [0.3, 0.4) is 0 Å². The minimum Gasteiger partial charge on any atom is -0.394 e. The summed E-state index contributed by atoms with van der Waals surface area (Å²) < 4.78 is 6.72. The fourth-order valence-corrected chi connectivity index (χ4v) is 1.35. The summed E-state index contributed by atoms with van der Waals surface area (Å²) in [6.45, 7) is 0.350. The van der Waals surface area contributed by atoms with Gasteiger partial charge in [0.2, 0.25) is 0 Å². The van der Waals surface area contributed by atoms with Crippen molar-refractivity contribution >= 4 is 17.0 Å². The van der Waals surface area contributed by atoms with Crippen molar-refractivity contribution in [2.45, 2.75) is 6.73 Å². The van der Waals surface area contributed by atoms with E-state index in [2.05, 4.69) is 15.0 Å². The highest BCUT2D eigenvalue weighted by atomic mass is 16.5. The fourth-order valence-electron chi connectivity index (χ4n) is 1.35. The van der Waals surface area contributed by atoms with Gasteiger partial charge < -0.3 is 20.1 Å². The molecule has 2 heterocycles. The maximum Gasteiger partial charge on any atom is 0.348 e. The molecule has 0 aliphatic heterocycles. The van der Waals surface area contributed by atoms with Gasteiger partial charge in [0, 0.05) is 0 Å². The molecule has 0 aliphatic rings. The first-order valence-electron chi connectivity index (χ1n) is 4.61. The second-order valence-electron chi connectivity index (χ2n) is 3.10. The van der Waals surface area contributed by atoms with E-state index in [4.69, 9.17) is 15.6 Å². The molecule has 0 spiro atoms. The van der Waals surface area contributed by atoms with Gasteiger partial charge in [-0.2, -0.15) is 4.98 Å². The van der Waals surface area contributed by atoms with Gasteiger partial charge in [0.05, 0.1) is 19.5 Å². The molecule has 0 saturated heterocycles. The number of ether oxygens (including phenoxy) is 1. The summed E-state index contributed by atoms with van der Waals surface area (Å²) in [4.78, 5) is 21.0. The third kappa shape index (κ3) is 1.88. The largest absolute Gasteiger partial charge is 0.394 e. The van der Waals surface area contributed by atoms with Crippen LogP contribution >= 0.6 is 0 Å². The Labute approximate surface area is 89.7 Å². The second-order valence-corrected chi connectivity index (χ2v) is 3.10. The zero-order valence-corrected chi connectivity index (χ0v) is 8.38. The van der Waals surface area contributed by atoms with Crippen molar-refractivity contribution in [1.82, 2.24) is 19.5 Å². The van der Waals surface area contributed by atoms with Crippen LogP contribution in [-0.4, -0.2) is 37.8 Å². The van der Waals surface area contributed by atoms with Gasteiger partial charge in [-0.15, -0.1) is 0 Å². The van der Waals surface area contributed by atoms with Crippen LogP contribution in [0.1, 0.15) is 0 Å². The summed E-state index contributed by atoms with van der Waals surface area (Å²) in [5.74, 6) is 0.195. The van der Waals surface area contributed by atoms with Gasteiger partial charge in [0.1, 0.15) is 18.1 Å². The Morgan fingerprint density at radius 1 is 1.62 bits per heavy atom. The van der Waals surface area contributed by atoms with Crippen molar-refractivity contribution in [3.05, 3.63) is 16.8 Å². The van der Waals surface area contributed by atoms with Gasteiger partial charge in [0.25, 0.3) is 0 Å². The van der Waals surface area contributed by atoms with Crippen molar-refractivity contribution in [2.24, 2.45) is 0 Å². The lowest BCUT2D eigenvalue weighted by atomic mass is 10.5. The van der Waals surface area contributed by atoms with Gasteiger partial charge in [-0.25, -0.2) is 9.78 Å². The number of nitrogen functional groups attached to an aromatic ring is 1. The quantitative estimate of drug-likeness (QED) is 0.554. The lowest BCUT2D eigenvalue weighted by Crippen LogP contribution is -2.14. The molecule has 0 aliphatic carbocycles. The average molecular weight is 225 g/mol. The van der Waals surface area contributed by atoms with E-state index in [0.717, 1.165) is 0 Å². The average Bonchev–Trinajstić information content (AvgIpc) is 2.62. The molecule has 8 heteroatoms. The summed E-state index contributed by atoms with van der Waals surface area (Å²) in [5, 5.41) is 8.56. The zero-order valence-electron chi connectivity index (χ0n) is 8.38.